The lowest BCUT2D eigenvalue weighted by molar-refractivity contribution is 0.101. The molecule has 1 aromatic heterocycles. The van der Waals surface area contributed by atoms with Crippen LogP contribution in [0.2, 0.25) is 0 Å². The average molecular weight is 249 g/mol. The lowest BCUT2D eigenvalue weighted by Crippen LogP contribution is -2.37. The van der Waals surface area contributed by atoms with Crippen LogP contribution in [0.1, 0.15) is 37.8 Å². The third-order valence-electron chi connectivity index (χ3n) is 3.52. The summed E-state index contributed by atoms with van der Waals surface area (Å²) in [5.74, 6) is 5.61. The van der Waals surface area contributed by atoms with Gasteiger partial charge in [-0.2, -0.15) is 0 Å². The molecule has 1 aliphatic rings. The lowest BCUT2D eigenvalue weighted by Gasteiger charge is -2.16. The Bertz CT molecular complexity index is 325. The molecule has 18 heavy (non-hydrogen) atoms. The second-order valence-electron chi connectivity index (χ2n) is 4.95. The number of ether oxygens (including phenoxy) is 1. The number of hydrogen-bond donors (Lipinski definition) is 2. The van der Waals surface area contributed by atoms with Gasteiger partial charge in [0.2, 0.25) is 0 Å². The van der Waals surface area contributed by atoms with E-state index in [9.17, 15) is 0 Å². The molecular weight excluding hydrogens is 226 g/mol. The van der Waals surface area contributed by atoms with E-state index in [0.29, 0.717) is 12.1 Å². The first kappa shape index (κ1) is 13.5. The fourth-order valence-corrected chi connectivity index (χ4v) is 2.48. The molecule has 2 atom stereocenters. The minimum atomic E-state index is 0.307. The molecule has 0 saturated carbocycles. The predicted molar refractivity (Wildman–Crippen MR) is 71.9 cm³/mol. The van der Waals surface area contributed by atoms with Crippen LogP contribution in [0.3, 0.4) is 0 Å². The van der Waals surface area contributed by atoms with Gasteiger partial charge in [0.25, 0.3) is 0 Å². The number of hydrazine groups is 1. The number of nitrogens with one attached hydrogen (secondary N) is 1. The molecule has 1 fully saturated rings. The minimum absolute atomic E-state index is 0.307. The zero-order chi connectivity index (χ0) is 12.6. The summed E-state index contributed by atoms with van der Waals surface area (Å²) >= 11 is 0. The quantitative estimate of drug-likeness (QED) is 0.571. The first-order valence-corrected chi connectivity index (χ1v) is 6.86. The Morgan fingerprint density at radius 1 is 1.50 bits per heavy atom. The smallest absolute Gasteiger partial charge is 0.0576 e. The van der Waals surface area contributed by atoms with Crippen LogP contribution in [0.4, 0.5) is 0 Å². The summed E-state index contributed by atoms with van der Waals surface area (Å²) in [7, 11) is 0. The molecule has 2 heterocycles. The van der Waals surface area contributed by atoms with Crippen molar-refractivity contribution < 1.29 is 4.74 Å². The third kappa shape index (κ3) is 4.37. The Morgan fingerprint density at radius 3 is 3.11 bits per heavy atom. The van der Waals surface area contributed by atoms with Crippen molar-refractivity contribution in [3.63, 3.8) is 0 Å². The first-order valence-electron chi connectivity index (χ1n) is 6.86. The van der Waals surface area contributed by atoms with Crippen molar-refractivity contribution in [2.45, 2.75) is 50.7 Å². The molecular formula is C14H23N3O. The fraction of sp³-hybridized carbons (Fsp3) is 0.643. The maximum absolute atomic E-state index is 5.62. The van der Waals surface area contributed by atoms with E-state index in [2.05, 4.69) is 10.4 Å². The van der Waals surface area contributed by atoms with Gasteiger partial charge in [-0.3, -0.25) is 16.3 Å². The van der Waals surface area contributed by atoms with Gasteiger partial charge in [0, 0.05) is 31.0 Å². The Labute approximate surface area is 109 Å². The van der Waals surface area contributed by atoms with Gasteiger partial charge < -0.3 is 4.74 Å². The summed E-state index contributed by atoms with van der Waals surface area (Å²) in [4.78, 5) is 4.33. The van der Waals surface area contributed by atoms with Crippen LogP contribution < -0.4 is 11.3 Å². The van der Waals surface area contributed by atoms with Crippen molar-refractivity contribution >= 4 is 0 Å². The summed E-state index contributed by atoms with van der Waals surface area (Å²) in [6.45, 7) is 0.942. The van der Waals surface area contributed by atoms with Crippen LogP contribution in [0.25, 0.3) is 0 Å². The van der Waals surface area contributed by atoms with Crippen LogP contribution in [-0.4, -0.2) is 23.7 Å². The Kier molecular flexibility index (Phi) is 5.58. The molecule has 0 amide bonds. The summed E-state index contributed by atoms with van der Waals surface area (Å²) < 4.78 is 5.62. The first-order chi connectivity index (χ1) is 8.88. The van der Waals surface area contributed by atoms with E-state index in [0.717, 1.165) is 38.0 Å². The number of nitrogens with two attached hydrogens (primary N) is 1. The van der Waals surface area contributed by atoms with E-state index in [1.165, 1.54) is 12.8 Å². The molecule has 4 heteroatoms. The maximum Gasteiger partial charge on any atom is 0.0576 e. The van der Waals surface area contributed by atoms with Gasteiger partial charge in [0.1, 0.15) is 0 Å². The van der Waals surface area contributed by atoms with Crippen LogP contribution in [0.15, 0.2) is 24.4 Å². The molecule has 0 aliphatic carbocycles. The van der Waals surface area contributed by atoms with E-state index in [4.69, 9.17) is 10.6 Å². The summed E-state index contributed by atoms with van der Waals surface area (Å²) in [5.41, 5.74) is 3.99. The highest BCUT2D eigenvalue weighted by atomic mass is 16.5. The minimum Gasteiger partial charge on any atom is -0.378 e. The molecule has 2 rings (SSSR count). The van der Waals surface area contributed by atoms with E-state index in [1.54, 1.807) is 0 Å². The van der Waals surface area contributed by atoms with Crippen molar-refractivity contribution in [1.82, 2.24) is 10.4 Å². The Hall–Kier alpha value is -0.970. The predicted octanol–water partition coefficient (Wildman–Crippen LogP) is 1.81. The summed E-state index contributed by atoms with van der Waals surface area (Å²) in [6, 6.07) is 6.31. The van der Waals surface area contributed by atoms with Gasteiger partial charge in [-0.25, -0.2) is 0 Å². The van der Waals surface area contributed by atoms with Crippen molar-refractivity contribution in [2.75, 3.05) is 6.61 Å². The molecule has 0 spiro atoms. The number of hydrogen-bond acceptors (Lipinski definition) is 4. The average Bonchev–Trinajstić information content (AvgIpc) is 2.92. The number of aromatic nitrogens is 1. The van der Waals surface area contributed by atoms with Crippen LogP contribution in [0, 0.1) is 0 Å². The van der Waals surface area contributed by atoms with Gasteiger partial charge in [-0.1, -0.05) is 6.07 Å². The second-order valence-corrected chi connectivity index (χ2v) is 4.95. The van der Waals surface area contributed by atoms with Gasteiger partial charge in [-0.15, -0.1) is 0 Å². The lowest BCUT2D eigenvalue weighted by atomic mass is 10.0. The Morgan fingerprint density at radius 2 is 2.44 bits per heavy atom. The van der Waals surface area contributed by atoms with Gasteiger partial charge in [-0.05, 0) is 44.2 Å². The van der Waals surface area contributed by atoms with Crippen LogP contribution >= 0.6 is 0 Å². The molecule has 1 aromatic rings. The molecule has 0 radical (unpaired) electrons. The monoisotopic (exact) mass is 249 g/mol. The van der Waals surface area contributed by atoms with Crippen LogP contribution in [0.5, 0.6) is 0 Å². The standard InChI is InChI=1S/C14H23N3O/c15-17-13(11-12-5-1-2-9-16-12)6-3-7-14-8-4-10-18-14/h1-2,5,9,13-14,17H,3-4,6-8,10-11,15H2. The largest absolute Gasteiger partial charge is 0.378 e. The SMILES string of the molecule is NNC(CCCC1CCCO1)Cc1ccccn1. The molecule has 1 aliphatic heterocycles. The zero-order valence-electron chi connectivity index (χ0n) is 10.8. The fourth-order valence-electron chi connectivity index (χ4n) is 2.48. The third-order valence-corrected chi connectivity index (χ3v) is 3.52. The van der Waals surface area contributed by atoms with Crippen LogP contribution in [-0.2, 0) is 11.2 Å². The highest BCUT2D eigenvalue weighted by molar-refractivity contribution is 5.05. The highest BCUT2D eigenvalue weighted by Crippen LogP contribution is 2.18. The summed E-state index contributed by atoms with van der Waals surface area (Å²) in [5, 5.41) is 0. The van der Waals surface area contributed by atoms with Crippen molar-refractivity contribution in [1.29, 1.82) is 0 Å². The van der Waals surface area contributed by atoms with E-state index in [1.807, 2.05) is 24.4 Å². The molecule has 2 unspecified atom stereocenters. The van der Waals surface area contributed by atoms with Crippen molar-refractivity contribution in [2.24, 2.45) is 5.84 Å². The molecule has 3 N–H and O–H groups in total. The molecule has 0 bridgehead atoms. The van der Waals surface area contributed by atoms with Crippen molar-refractivity contribution in [3.05, 3.63) is 30.1 Å². The molecule has 1 saturated heterocycles. The van der Waals surface area contributed by atoms with Crippen molar-refractivity contribution in [3.8, 4) is 0 Å². The van der Waals surface area contributed by atoms with Gasteiger partial charge in [0.15, 0.2) is 0 Å². The van der Waals surface area contributed by atoms with E-state index < -0.39 is 0 Å². The number of pyridine rings is 1. The normalized spacial score (nSPS) is 21.1. The molecule has 0 aromatic carbocycles. The number of rotatable bonds is 7. The Balaban J connectivity index is 1.68. The highest BCUT2D eigenvalue weighted by Gasteiger charge is 2.16. The topological polar surface area (TPSA) is 60.2 Å². The maximum atomic E-state index is 5.62. The molecule has 100 valence electrons. The summed E-state index contributed by atoms with van der Waals surface area (Å²) in [6.07, 6.45) is 9.04. The molecule has 4 nitrogen and oxygen atoms in total. The number of nitrogens with zero attached hydrogens (tertiary/aromatic N) is 1. The van der Waals surface area contributed by atoms with Gasteiger partial charge >= 0.3 is 0 Å². The zero-order valence-corrected chi connectivity index (χ0v) is 10.8. The second kappa shape index (κ2) is 7.46. The van der Waals surface area contributed by atoms with Gasteiger partial charge in [0.05, 0.1) is 6.10 Å². The van der Waals surface area contributed by atoms with E-state index in [-0.39, 0.29) is 0 Å². The van der Waals surface area contributed by atoms with E-state index >= 15 is 0 Å².